The molecule has 1 aliphatic carbocycles. The number of nitrogens with zero attached hydrogens (tertiary/aromatic N) is 5. The first-order chi connectivity index (χ1) is 7.57. The highest BCUT2D eigenvalue weighted by molar-refractivity contribution is 4.88. The second-order valence-electron chi connectivity index (χ2n) is 4.80. The van der Waals surface area contributed by atoms with Crippen LogP contribution in [0.25, 0.3) is 0 Å². The lowest BCUT2D eigenvalue weighted by Gasteiger charge is -2.27. The van der Waals surface area contributed by atoms with Crippen molar-refractivity contribution in [3.63, 3.8) is 0 Å². The summed E-state index contributed by atoms with van der Waals surface area (Å²) >= 11 is 0. The van der Waals surface area contributed by atoms with Gasteiger partial charge in [-0.2, -0.15) is 4.80 Å². The summed E-state index contributed by atoms with van der Waals surface area (Å²) in [5.74, 6) is 0.701. The molecule has 0 amide bonds. The molecule has 0 aromatic carbocycles. The van der Waals surface area contributed by atoms with Gasteiger partial charge in [-0.1, -0.05) is 12.8 Å². The van der Waals surface area contributed by atoms with E-state index in [2.05, 4.69) is 20.3 Å². The molecule has 1 N–H and O–H groups in total. The molecule has 0 saturated heterocycles. The molecule has 0 spiro atoms. The molecule has 0 aliphatic heterocycles. The molecule has 6 heteroatoms. The van der Waals surface area contributed by atoms with Gasteiger partial charge in [0.2, 0.25) is 0 Å². The summed E-state index contributed by atoms with van der Waals surface area (Å²) in [5.41, 5.74) is -0.503. The maximum Gasteiger partial charge on any atom is 0.188 e. The second kappa shape index (κ2) is 4.47. The highest BCUT2D eigenvalue weighted by Gasteiger charge is 2.32. The number of rotatable bonds is 4. The fourth-order valence-corrected chi connectivity index (χ4v) is 2.38. The zero-order valence-electron chi connectivity index (χ0n) is 9.93. The maximum atomic E-state index is 10.2. The zero-order chi connectivity index (χ0) is 11.6. The van der Waals surface area contributed by atoms with E-state index in [1.165, 1.54) is 4.80 Å². The summed E-state index contributed by atoms with van der Waals surface area (Å²) < 4.78 is 0. The van der Waals surface area contributed by atoms with E-state index in [9.17, 15) is 5.11 Å². The average Bonchev–Trinajstić information content (AvgIpc) is 2.75. The quantitative estimate of drug-likeness (QED) is 0.778. The number of tetrazole rings is 1. The molecule has 1 aliphatic rings. The van der Waals surface area contributed by atoms with Crippen molar-refractivity contribution >= 4 is 0 Å². The predicted molar refractivity (Wildman–Crippen MR) is 58.5 cm³/mol. The van der Waals surface area contributed by atoms with Gasteiger partial charge in [0.05, 0.1) is 19.2 Å². The Morgan fingerprint density at radius 1 is 1.44 bits per heavy atom. The van der Waals surface area contributed by atoms with Gasteiger partial charge in [0.15, 0.2) is 5.82 Å². The van der Waals surface area contributed by atoms with Gasteiger partial charge in [-0.15, -0.1) is 10.2 Å². The van der Waals surface area contributed by atoms with E-state index in [1.807, 2.05) is 7.05 Å². The van der Waals surface area contributed by atoms with Crippen molar-refractivity contribution in [1.29, 1.82) is 0 Å². The van der Waals surface area contributed by atoms with Crippen LogP contribution in [0, 0.1) is 0 Å². The van der Waals surface area contributed by atoms with Crippen LogP contribution in [0.2, 0.25) is 0 Å². The first kappa shape index (κ1) is 11.5. The first-order valence-electron chi connectivity index (χ1n) is 5.71. The Kier molecular flexibility index (Phi) is 3.20. The Hall–Kier alpha value is -1.01. The minimum Gasteiger partial charge on any atom is -0.389 e. The van der Waals surface area contributed by atoms with E-state index in [4.69, 9.17) is 0 Å². The van der Waals surface area contributed by atoms with Crippen LogP contribution in [-0.2, 0) is 13.6 Å². The van der Waals surface area contributed by atoms with Crippen molar-refractivity contribution in [3.05, 3.63) is 5.82 Å². The number of hydrogen-bond acceptors (Lipinski definition) is 5. The third-order valence-corrected chi connectivity index (χ3v) is 3.06. The van der Waals surface area contributed by atoms with Crippen LogP contribution in [0.5, 0.6) is 0 Å². The molecule has 16 heavy (non-hydrogen) atoms. The molecule has 1 aromatic heterocycles. The zero-order valence-corrected chi connectivity index (χ0v) is 9.93. The summed E-state index contributed by atoms with van der Waals surface area (Å²) in [6.07, 6.45) is 4.08. The molecule has 1 saturated carbocycles. The topological polar surface area (TPSA) is 67.1 Å². The normalized spacial score (nSPS) is 19.5. The fourth-order valence-electron chi connectivity index (χ4n) is 2.38. The predicted octanol–water partition coefficient (Wildman–Crippen LogP) is -0.0530. The van der Waals surface area contributed by atoms with Crippen LogP contribution < -0.4 is 0 Å². The molecule has 2 rings (SSSR count). The molecule has 0 bridgehead atoms. The van der Waals surface area contributed by atoms with Crippen LogP contribution in [0.3, 0.4) is 0 Å². The Labute approximate surface area is 95.2 Å². The third-order valence-electron chi connectivity index (χ3n) is 3.06. The molecule has 0 unspecified atom stereocenters. The van der Waals surface area contributed by atoms with E-state index < -0.39 is 5.60 Å². The number of aromatic nitrogens is 4. The standard InChI is InChI=1S/C10H19N5O/c1-14(7-9-11-13-15(2)12-9)8-10(16)5-3-4-6-10/h16H,3-8H2,1-2H3. The largest absolute Gasteiger partial charge is 0.389 e. The van der Waals surface area contributed by atoms with Crippen LogP contribution >= 0.6 is 0 Å². The van der Waals surface area contributed by atoms with E-state index in [-0.39, 0.29) is 0 Å². The van der Waals surface area contributed by atoms with Crippen LogP contribution in [0.1, 0.15) is 31.5 Å². The Balaban J connectivity index is 1.86. The van der Waals surface area contributed by atoms with Gasteiger partial charge in [-0.25, -0.2) is 0 Å². The third kappa shape index (κ3) is 2.76. The number of likely N-dealkylation sites (N-methyl/N-ethyl adjacent to an activating group) is 1. The molecular formula is C10H19N5O. The minimum atomic E-state index is -0.503. The summed E-state index contributed by atoms with van der Waals surface area (Å²) in [7, 11) is 3.73. The Bertz CT molecular complexity index is 345. The van der Waals surface area contributed by atoms with E-state index in [1.54, 1.807) is 7.05 Å². The Morgan fingerprint density at radius 3 is 2.69 bits per heavy atom. The lowest BCUT2D eigenvalue weighted by molar-refractivity contribution is 0.0139. The highest BCUT2D eigenvalue weighted by atomic mass is 16.3. The van der Waals surface area contributed by atoms with Gasteiger partial charge in [0.25, 0.3) is 0 Å². The Morgan fingerprint density at radius 2 is 2.12 bits per heavy atom. The van der Waals surface area contributed by atoms with Crippen LogP contribution in [-0.4, -0.2) is 49.4 Å². The molecule has 0 radical (unpaired) electrons. The van der Waals surface area contributed by atoms with Crippen LogP contribution in [0.4, 0.5) is 0 Å². The SMILES string of the molecule is CN(Cc1nnn(C)n1)CC1(O)CCCC1. The van der Waals surface area contributed by atoms with Crippen molar-refractivity contribution in [2.45, 2.75) is 37.8 Å². The van der Waals surface area contributed by atoms with Crippen molar-refractivity contribution in [3.8, 4) is 0 Å². The number of hydrogen-bond donors (Lipinski definition) is 1. The molecule has 1 aromatic rings. The van der Waals surface area contributed by atoms with E-state index in [0.29, 0.717) is 18.9 Å². The van der Waals surface area contributed by atoms with Crippen molar-refractivity contribution in [2.24, 2.45) is 7.05 Å². The van der Waals surface area contributed by atoms with E-state index >= 15 is 0 Å². The summed E-state index contributed by atoms with van der Waals surface area (Å²) in [6, 6.07) is 0. The average molecular weight is 225 g/mol. The first-order valence-corrected chi connectivity index (χ1v) is 5.71. The second-order valence-corrected chi connectivity index (χ2v) is 4.80. The number of aliphatic hydroxyl groups is 1. The minimum absolute atomic E-state index is 0.503. The maximum absolute atomic E-state index is 10.2. The lowest BCUT2D eigenvalue weighted by Crippen LogP contribution is -2.39. The highest BCUT2D eigenvalue weighted by Crippen LogP contribution is 2.29. The summed E-state index contributed by atoms with van der Waals surface area (Å²) in [5, 5.41) is 22.1. The fraction of sp³-hybridized carbons (Fsp3) is 0.900. The molecule has 0 atom stereocenters. The monoisotopic (exact) mass is 225 g/mol. The smallest absolute Gasteiger partial charge is 0.188 e. The van der Waals surface area contributed by atoms with Gasteiger partial charge in [-0.3, -0.25) is 4.90 Å². The lowest BCUT2D eigenvalue weighted by atomic mass is 10.0. The molecule has 6 nitrogen and oxygen atoms in total. The van der Waals surface area contributed by atoms with E-state index in [0.717, 1.165) is 25.7 Å². The van der Waals surface area contributed by atoms with Crippen LogP contribution in [0.15, 0.2) is 0 Å². The summed E-state index contributed by atoms with van der Waals surface area (Å²) in [4.78, 5) is 3.51. The molecule has 1 heterocycles. The van der Waals surface area contributed by atoms with Gasteiger partial charge in [-0.05, 0) is 25.1 Å². The van der Waals surface area contributed by atoms with Gasteiger partial charge >= 0.3 is 0 Å². The van der Waals surface area contributed by atoms with Gasteiger partial charge in [0, 0.05) is 6.54 Å². The molecular weight excluding hydrogens is 206 g/mol. The molecule has 90 valence electrons. The summed E-state index contributed by atoms with van der Waals surface area (Å²) in [6.45, 7) is 1.32. The number of aryl methyl sites for hydroxylation is 1. The van der Waals surface area contributed by atoms with Crippen molar-refractivity contribution in [1.82, 2.24) is 25.1 Å². The van der Waals surface area contributed by atoms with Crippen molar-refractivity contribution in [2.75, 3.05) is 13.6 Å². The van der Waals surface area contributed by atoms with Crippen molar-refractivity contribution < 1.29 is 5.11 Å². The van der Waals surface area contributed by atoms with Gasteiger partial charge in [0.1, 0.15) is 0 Å². The van der Waals surface area contributed by atoms with Gasteiger partial charge < -0.3 is 5.11 Å². The molecule has 1 fully saturated rings.